The molecule has 1 aromatic carbocycles. The summed E-state index contributed by atoms with van der Waals surface area (Å²) < 4.78 is 43.4. The third-order valence-electron chi connectivity index (χ3n) is 2.73. The molecular weight excluding hydrogens is 331 g/mol. The number of aromatic nitrogens is 2. The molecule has 0 spiro atoms. The van der Waals surface area contributed by atoms with Crippen LogP contribution in [0.25, 0.3) is 0 Å². The number of nitrogens with one attached hydrogen (secondary N) is 1. The Morgan fingerprint density at radius 3 is 2.74 bits per heavy atom. The minimum absolute atomic E-state index is 0.297. The summed E-state index contributed by atoms with van der Waals surface area (Å²) in [5.74, 6) is -0.986. The lowest BCUT2D eigenvalue weighted by molar-refractivity contribution is -0.139. The highest BCUT2D eigenvalue weighted by Gasteiger charge is 2.34. The van der Waals surface area contributed by atoms with Gasteiger partial charge in [-0.1, -0.05) is 30.4 Å². The lowest BCUT2D eigenvalue weighted by Crippen LogP contribution is -2.21. The van der Waals surface area contributed by atoms with E-state index in [1.165, 1.54) is 29.5 Å². The molecule has 0 aliphatic carbocycles. The standard InChI is InChI=1S/C14H14F3N3O2S/c1-2-5-12-19-20-13(23-12)18-11(21)8-22-10-7-4-3-6-9(10)14(15,16)17/h3-4,6-7H,2,5,8H2,1H3,(H,18,20,21). The molecule has 124 valence electrons. The van der Waals surface area contributed by atoms with Gasteiger partial charge in [0.1, 0.15) is 10.8 Å². The fraction of sp³-hybridized carbons (Fsp3) is 0.357. The van der Waals surface area contributed by atoms with Crippen molar-refractivity contribution in [3.05, 3.63) is 34.8 Å². The van der Waals surface area contributed by atoms with Crippen molar-refractivity contribution in [1.29, 1.82) is 0 Å². The lowest BCUT2D eigenvalue weighted by Gasteiger charge is -2.13. The summed E-state index contributed by atoms with van der Waals surface area (Å²) in [6, 6.07) is 4.73. The van der Waals surface area contributed by atoms with E-state index >= 15 is 0 Å². The second-order valence-corrected chi connectivity index (χ2v) is 5.64. The maximum absolute atomic E-state index is 12.8. The molecule has 9 heteroatoms. The zero-order valence-corrected chi connectivity index (χ0v) is 13.0. The van der Waals surface area contributed by atoms with Crippen molar-refractivity contribution < 1.29 is 22.7 Å². The fourth-order valence-electron chi connectivity index (χ4n) is 1.74. The highest BCUT2D eigenvalue weighted by atomic mass is 32.1. The van der Waals surface area contributed by atoms with Crippen molar-refractivity contribution in [2.45, 2.75) is 25.9 Å². The van der Waals surface area contributed by atoms with Crippen molar-refractivity contribution in [3.63, 3.8) is 0 Å². The Balaban J connectivity index is 1.94. The van der Waals surface area contributed by atoms with Crippen molar-refractivity contribution >= 4 is 22.4 Å². The van der Waals surface area contributed by atoms with Crippen LogP contribution in [0.2, 0.25) is 0 Å². The molecular formula is C14H14F3N3O2S. The first-order valence-electron chi connectivity index (χ1n) is 6.81. The fourth-order valence-corrected chi connectivity index (χ4v) is 2.60. The van der Waals surface area contributed by atoms with Crippen molar-refractivity contribution in [3.8, 4) is 5.75 Å². The molecule has 0 unspecified atom stereocenters. The molecule has 1 heterocycles. The number of anilines is 1. The van der Waals surface area contributed by atoms with E-state index in [1.54, 1.807) is 0 Å². The lowest BCUT2D eigenvalue weighted by atomic mass is 10.2. The Kier molecular flexibility index (Phi) is 5.54. The first-order chi connectivity index (χ1) is 10.9. The summed E-state index contributed by atoms with van der Waals surface area (Å²) in [4.78, 5) is 11.7. The van der Waals surface area contributed by atoms with Crippen molar-refractivity contribution in [1.82, 2.24) is 10.2 Å². The van der Waals surface area contributed by atoms with Gasteiger partial charge in [0.15, 0.2) is 6.61 Å². The normalized spacial score (nSPS) is 11.3. The van der Waals surface area contributed by atoms with Crippen LogP contribution in [0, 0.1) is 0 Å². The van der Waals surface area contributed by atoms with Gasteiger partial charge in [-0.2, -0.15) is 13.2 Å². The first-order valence-corrected chi connectivity index (χ1v) is 7.63. The van der Waals surface area contributed by atoms with Gasteiger partial charge in [0.2, 0.25) is 5.13 Å². The number of halogens is 3. The van der Waals surface area contributed by atoms with E-state index in [-0.39, 0.29) is 5.75 Å². The average Bonchev–Trinajstić information content (AvgIpc) is 2.92. The van der Waals surface area contributed by atoms with E-state index in [0.29, 0.717) is 5.13 Å². The number of ether oxygens (including phenoxy) is 1. The Labute approximate surface area is 134 Å². The molecule has 5 nitrogen and oxygen atoms in total. The highest BCUT2D eigenvalue weighted by Crippen LogP contribution is 2.35. The molecule has 0 aliphatic heterocycles. The van der Waals surface area contributed by atoms with Crippen LogP contribution in [0.1, 0.15) is 23.9 Å². The van der Waals surface area contributed by atoms with E-state index in [9.17, 15) is 18.0 Å². The van der Waals surface area contributed by atoms with Crippen molar-refractivity contribution in [2.24, 2.45) is 0 Å². The Bertz CT molecular complexity index is 673. The maximum Gasteiger partial charge on any atom is 0.419 e. The summed E-state index contributed by atoms with van der Waals surface area (Å²) in [6.07, 6.45) is -2.88. The molecule has 0 saturated heterocycles. The second kappa shape index (κ2) is 7.40. The van der Waals surface area contributed by atoms with Gasteiger partial charge in [-0.25, -0.2) is 0 Å². The number of carbonyl (C=O) groups is 1. The molecule has 0 saturated carbocycles. The van der Waals surface area contributed by atoms with Crippen LogP contribution in [-0.2, 0) is 17.4 Å². The molecule has 0 fully saturated rings. The Morgan fingerprint density at radius 2 is 2.04 bits per heavy atom. The van der Waals surface area contributed by atoms with Gasteiger partial charge < -0.3 is 4.74 Å². The average molecular weight is 345 g/mol. The maximum atomic E-state index is 12.8. The quantitative estimate of drug-likeness (QED) is 0.870. The Morgan fingerprint density at radius 1 is 1.30 bits per heavy atom. The van der Waals surface area contributed by atoms with Gasteiger partial charge in [-0.15, -0.1) is 10.2 Å². The molecule has 0 radical (unpaired) electrons. The Hall–Kier alpha value is -2.16. The summed E-state index contributed by atoms with van der Waals surface area (Å²) in [7, 11) is 0. The third-order valence-corrected chi connectivity index (χ3v) is 3.63. The van der Waals surface area contributed by atoms with Crippen LogP contribution in [0.4, 0.5) is 18.3 Å². The number of hydrogen-bond donors (Lipinski definition) is 1. The molecule has 0 bridgehead atoms. The summed E-state index contributed by atoms with van der Waals surface area (Å²) in [6.45, 7) is 1.45. The molecule has 1 aromatic heterocycles. The van der Waals surface area contributed by atoms with Crippen LogP contribution in [0.5, 0.6) is 5.75 Å². The topological polar surface area (TPSA) is 64.1 Å². The van der Waals surface area contributed by atoms with Gasteiger partial charge in [-0.05, 0) is 18.6 Å². The summed E-state index contributed by atoms with van der Waals surface area (Å²) >= 11 is 1.23. The van der Waals surface area contributed by atoms with Gasteiger partial charge in [0, 0.05) is 6.42 Å². The number of hydrogen-bond acceptors (Lipinski definition) is 5. The number of aryl methyl sites for hydroxylation is 1. The smallest absolute Gasteiger partial charge is 0.419 e. The summed E-state index contributed by atoms with van der Waals surface area (Å²) in [5.41, 5.74) is -0.922. The molecule has 1 amide bonds. The van der Waals surface area contributed by atoms with Crippen molar-refractivity contribution in [2.75, 3.05) is 11.9 Å². The SMILES string of the molecule is CCCc1nnc(NC(=O)COc2ccccc2C(F)(F)F)s1. The number of nitrogens with zero attached hydrogens (tertiary/aromatic N) is 2. The first kappa shape index (κ1) is 17.2. The van der Waals surface area contributed by atoms with Crippen LogP contribution < -0.4 is 10.1 Å². The predicted molar refractivity (Wildman–Crippen MR) is 79.5 cm³/mol. The number of carbonyl (C=O) groups excluding carboxylic acids is 1. The van der Waals surface area contributed by atoms with Gasteiger partial charge >= 0.3 is 6.18 Å². The van der Waals surface area contributed by atoms with Gasteiger partial charge in [-0.3, -0.25) is 10.1 Å². The van der Waals surface area contributed by atoms with E-state index in [1.807, 2.05) is 6.92 Å². The monoisotopic (exact) mass is 345 g/mol. The molecule has 2 aromatic rings. The van der Waals surface area contributed by atoms with Crippen LogP contribution in [-0.4, -0.2) is 22.7 Å². The highest BCUT2D eigenvalue weighted by molar-refractivity contribution is 7.15. The van der Waals surface area contributed by atoms with Crippen LogP contribution in [0.15, 0.2) is 24.3 Å². The molecule has 0 aliphatic rings. The second-order valence-electron chi connectivity index (χ2n) is 4.58. The number of para-hydroxylation sites is 1. The zero-order valence-electron chi connectivity index (χ0n) is 12.2. The molecule has 1 N–H and O–H groups in total. The number of amides is 1. The van der Waals surface area contributed by atoms with E-state index in [0.717, 1.165) is 23.9 Å². The number of rotatable bonds is 6. The van der Waals surface area contributed by atoms with E-state index < -0.39 is 24.3 Å². The minimum atomic E-state index is -4.54. The predicted octanol–water partition coefficient (Wildman–Crippen LogP) is 3.53. The largest absolute Gasteiger partial charge is 0.483 e. The molecule has 2 rings (SSSR count). The zero-order chi connectivity index (χ0) is 16.9. The van der Waals surface area contributed by atoms with Crippen LogP contribution in [0.3, 0.4) is 0 Å². The van der Waals surface area contributed by atoms with E-state index in [2.05, 4.69) is 15.5 Å². The molecule has 0 atom stereocenters. The van der Waals surface area contributed by atoms with Gasteiger partial charge in [0.25, 0.3) is 5.91 Å². The van der Waals surface area contributed by atoms with E-state index in [4.69, 9.17) is 4.74 Å². The third kappa shape index (κ3) is 4.92. The van der Waals surface area contributed by atoms with Crippen LogP contribution >= 0.6 is 11.3 Å². The minimum Gasteiger partial charge on any atom is -0.483 e. The van der Waals surface area contributed by atoms with Gasteiger partial charge in [0.05, 0.1) is 5.56 Å². The number of alkyl halides is 3. The molecule has 23 heavy (non-hydrogen) atoms. The number of benzene rings is 1. The summed E-state index contributed by atoms with van der Waals surface area (Å²) in [5, 5.41) is 11.2.